The third-order valence-corrected chi connectivity index (χ3v) is 6.16. The summed E-state index contributed by atoms with van der Waals surface area (Å²) in [6.45, 7) is 7.48. The summed E-state index contributed by atoms with van der Waals surface area (Å²) >= 11 is 5.72. The van der Waals surface area contributed by atoms with Crippen LogP contribution in [0.5, 0.6) is 11.5 Å². The van der Waals surface area contributed by atoms with Gasteiger partial charge in [0.25, 0.3) is 5.56 Å². The predicted octanol–water partition coefficient (Wildman–Crippen LogP) is 3.91. The highest BCUT2D eigenvalue weighted by atomic mass is 32.1. The number of benzene rings is 2. The average Bonchev–Trinajstić information content (AvgIpc) is 3.27. The van der Waals surface area contributed by atoms with Gasteiger partial charge in [-0.25, -0.2) is 0 Å². The van der Waals surface area contributed by atoms with E-state index < -0.39 is 0 Å². The second-order valence-electron chi connectivity index (χ2n) is 8.36. The van der Waals surface area contributed by atoms with Crippen molar-refractivity contribution in [2.24, 2.45) is 0 Å². The van der Waals surface area contributed by atoms with Gasteiger partial charge in [0.15, 0.2) is 16.6 Å². The third-order valence-electron chi connectivity index (χ3n) is 5.76. The SMILES string of the molecule is CCOCCCNC(=S)N(CCc1cccc(C)c1)Cc1cc2cc3c(cc2[nH]c1=O)OCO3. The summed E-state index contributed by atoms with van der Waals surface area (Å²) in [7, 11) is 0. The summed E-state index contributed by atoms with van der Waals surface area (Å²) in [5, 5.41) is 4.86. The van der Waals surface area contributed by atoms with E-state index in [9.17, 15) is 4.79 Å². The van der Waals surface area contributed by atoms with Crippen molar-refractivity contribution < 1.29 is 14.2 Å². The number of hydrogen-bond acceptors (Lipinski definition) is 5. The minimum Gasteiger partial charge on any atom is -0.454 e. The number of hydrogen-bond donors (Lipinski definition) is 2. The first-order chi connectivity index (χ1) is 16.5. The van der Waals surface area contributed by atoms with E-state index in [0.29, 0.717) is 48.5 Å². The lowest BCUT2D eigenvalue weighted by atomic mass is 10.1. The summed E-state index contributed by atoms with van der Waals surface area (Å²) in [6, 6.07) is 14.1. The number of aromatic nitrogens is 1. The van der Waals surface area contributed by atoms with Crippen molar-refractivity contribution in [2.75, 3.05) is 33.1 Å². The first-order valence-corrected chi connectivity index (χ1v) is 12.1. The van der Waals surface area contributed by atoms with Crippen molar-refractivity contribution in [2.45, 2.75) is 33.2 Å². The number of H-pyrrole nitrogens is 1. The minimum atomic E-state index is -0.133. The number of thiocarbonyl (C=S) groups is 1. The summed E-state index contributed by atoms with van der Waals surface area (Å²) in [5.41, 5.74) is 3.70. The highest BCUT2D eigenvalue weighted by Gasteiger charge is 2.17. The van der Waals surface area contributed by atoms with Crippen molar-refractivity contribution in [1.82, 2.24) is 15.2 Å². The van der Waals surface area contributed by atoms with Crippen LogP contribution in [0.4, 0.5) is 0 Å². The van der Waals surface area contributed by atoms with Gasteiger partial charge in [0.05, 0.1) is 12.1 Å². The van der Waals surface area contributed by atoms with Gasteiger partial charge < -0.3 is 29.4 Å². The van der Waals surface area contributed by atoms with Crippen LogP contribution in [0.25, 0.3) is 10.9 Å². The van der Waals surface area contributed by atoms with Crippen molar-refractivity contribution in [3.63, 3.8) is 0 Å². The van der Waals surface area contributed by atoms with Crippen LogP contribution >= 0.6 is 12.2 Å². The molecule has 1 aliphatic rings. The molecule has 2 N–H and O–H groups in total. The lowest BCUT2D eigenvalue weighted by Crippen LogP contribution is -2.42. The Hall–Kier alpha value is -3.10. The molecular formula is C26H31N3O4S. The maximum absolute atomic E-state index is 12.9. The molecule has 8 heteroatoms. The Labute approximate surface area is 205 Å². The summed E-state index contributed by atoms with van der Waals surface area (Å²) in [6.07, 6.45) is 1.69. The molecule has 0 spiro atoms. The Morgan fingerprint density at radius 3 is 2.82 bits per heavy atom. The van der Waals surface area contributed by atoms with Crippen molar-refractivity contribution in [3.05, 3.63) is 69.5 Å². The van der Waals surface area contributed by atoms with E-state index in [2.05, 4.69) is 46.4 Å². The molecule has 0 saturated heterocycles. The zero-order chi connectivity index (χ0) is 23.9. The lowest BCUT2D eigenvalue weighted by Gasteiger charge is -2.26. The topological polar surface area (TPSA) is 75.8 Å². The van der Waals surface area contributed by atoms with Gasteiger partial charge >= 0.3 is 0 Å². The Balaban J connectivity index is 1.51. The highest BCUT2D eigenvalue weighted by Crippen LogP contribution is 2.35. The second-order valence-corrected chi connectivity index (χ2v) is 8.75. The standard InChI is InChI=1S/C26H31N3O4S/c1-3-31-11-5-9-27-26(34)29(10-8-19-7-4-6-18(2)12-19)16-21-13-20-14-23-24(33-17-32-23)15-22(20)28-25(21)30/h4,6-7,12-15H,3,5,8-11,16-17H2,1-2H3,(H,27,34)(H,28,30). The number of rotatable bonds is 10. The van der Waals surface area contributed by atoms with Crippen molar-refractivity contribution >= 4 is 28.2 Å². The molecule has 0 aliphatic carbocycles. The number of aryl methyl sites for hydroxylation is 1. The van der Waals surface area contributed by atoms with Crippen LogP contribution in [0.3, 0.4) is 0 Å². The predicted molar refractivity (Wildman–Crippen MR) is 138 cm³/mol. The lowest BCUT2D eigenvalue weighted by molar-refractivity contribution is 0.145. The van der Waals surface area contributed by atoms with E-state index in [1.165, 1.54) is 11.1 Å². The monoisotopic (exact) mass is 481 g/mol. The van der Waals surface area contributed by atoms with Crippen molar-refractivity contribution in [1.29, 1.82) is 0 Å². The van der Waals surface area contributed by atoms with Crippen LogP contribution in [-0.4, -0.2) is 48.1 Å². The van der Waals surface area contributed by atoms with Gasteiger partial charge in [-0.3, -0.25) is 4.79 Å². The molecule has 0 bridgehead atoms. The molecule has 0 radical (unpaired) electrons. The fraction of sp³-hybridized carbons (Fsp3) is 0.385. The Kier molecular flexibility index (Phi) is 8.03. The summed E-state index contributed by atoms with van der Waals surface area (Å²) in [5.74, 6) is 1.33. The molecule has 1 aromatic heterocycles. The Bertz CT molecular complexity index is 1210. The molecular weight excluding hydrogens is 450 g/mol. The molecule has 0 unspecified atom stereocenters. The molecule has 0 saturated carbocycles. The number of aromatic amines is 1. The first kappa shape index (κ1) is 24.0. The molecule has 3 aromatic rings. The van der Waals surface area contributed by atoms with Crippen molar-refractivity contribution in [3.8, 4) is 11.5 Å². The van der Waals surface area contributed by atoms with Gasteiger partial charge in [0.1, 0.15) is 0 Å². The van der Waals surface area contributed by atoms with Gasteiger partial charge in [0, 0.05) is 43.3 Å². The van der Waals surface area contributed by atoms with E-state index in [0.717, 1.165) is 30.3 Å². The molecule has 7 nitrogen and oxygen atoms in total. The molecule has 1 aliphatic heterocycles. The third kappa shape index (κ3) is 6.07. The van der Waals surface area contributed by atoms with Gasteiger partial charge in [-0.15, -0.1) is 0 Å². The van der Waals surface area contributed by atoms with Crippen LogP contribution in [0, 0.1) is 6.92 Å². The second kappa shape index (κ2) is 11.4. The molecule has 0 atom stereocenters. The van der Waals surface area contributed by atoms with Crippen LogP contribution in [0.15, 0.2) is 47.3 Å². The molecule has 180 valence electrons. The maximum atomic E-state index is 12.9. The number of nitrogens with zero attached hydrogens (tertiary/aromatic N) is 1. The van der Waals surface area contributed by atoms with Crippen LogP contribution in [-0.2, 0) is 17.7 Å². The average molecular weight is 482 g/mol. The van der Waals surface area contributed by atoms with Gasteiger partial charge in [0.2, 0.25) is 6.79 Å². The minimum absolute atomic E-state index is 0.133. The molecule has 2 heterocycles. The zero-order valence-corrected chi connectivity index (χ0v) is 20.5. The van der Waals surface area contributed by atoms with Gasteiger partial charge in [-0.1, -0.05) is 29.8 Å². The zero-order valence-electron chi connectivity index (χ0n) is 19.7. The van der Waals surface area contributed by atoms with E-state index in [4.69, 9.17) is 26.4 Å². The number of ether oxygens (including phenoxy) is 3. The molecule has 0 fully saturated rings. The smallest absolute Gasteiger partial charge is 0.253 e. The molecule has 0 amide bonds. The Morgan fingerprint density at radius 2 is 2.03 bits per heavy atom. The maximum Gasteiger partial charge on any atom is 0.253 e. The van der Waals surface area contributed by atoms with Gasteiger partial charge in [-0.2, -0.15) is 0 Å². The largest absolute Gasteiger partial charge is 0.454 e. The highest BCUT2D eigenvalue weighted by molar-refractivity contribution is 7.80. The van der Waals surface area contributed by atoms with E-state index >= 15 is 0 Å². The van der Waals surface area contributed by atoms with E-state index in [1.807, 2.05) is 25.1 Å². The van der Waals surface area contributed by atoms with Crippen LogP contribution in [0.2, 0.25) is 0 Å². The number of fused-ring (bicyclic) bond motifs is 2. The quantitative estimate of drug-likeness (QED) is 0.336. The molecule has 4 rings (SSSR count). The van der Waals surface area contributed by atoms with E-state index in [-0.39, 0.29) is 12.4 Å². The summed E-state index contributed by atoms with van der Waals surface area (Å²) in [4.78, 5) is 17.9. The molecule has 34 heavy (non-hydrogen) atoms. The fourth-order valence-corrected chi connectivity index (χ4v) is 4.23. The number of pyridine rings is 1. The van der Waals surface area contributed by atoms with Crippen LogP contribution in [0.1, 0.15) is 30.0 Å². The van der Waals surface area contributed by atoms with E-state index in [1.54, 1.807) is 0 Å². The first-order valence-electron chi connectivity index (χ1n) is 11.6. The fourth-order valence-electron chi connectivity index (χ4n) is 3.97. The number of nitrogens with one attached hydrogen (secondary N) is 2. The van der Waals surface area contributed by atoms with Gasteiger partial charge in [-0.05, 0) is 56.6 Å². The summed E-state index contributed by atoms with van der Waals surface area (Å²) < 4.78 is 16.3. The van der Waals surface area contributed by atoms with Crippen LogP contribution < -0.4 is 20.3 Å². The Morgan fingerprint density at radius 1 is 1.21 bits per heavy atom. The molecule has 2 aromatic carbocycles. The normalized spacial score (nSPS) is 12.2.